The van der Waals surface area contributed by atoms with Gasteiger partial charge in [-0.1, -0.05) is 45.8 Å². The van der Waals surface area contributed by atoms with Crippen molar-refractivity contribution >= 4 is 39.6 Å². The molecule has 3 aromatic carbocycles. The van der Waals surface area contributed by atoms with E-state index in [1.165, 1.54) is 11.8 Å². The quantitative estimate of drug-likeness (QED) is 0.321. The van der Waals surface area contributed by atoms with Gasteiger partial charge in [-0.3, -0.25) is 9.59 Å². The summed E-state index contributed by atoms with van der Waals surface area (Å²) in [5, 5.41) is 6.31. The third-order valence-corrected chi connectivity index (χ3v) is 4.62. The van der Waals surface area contributed by atoms with Crippen molar-refractivity contribution in [2.45, 2.75) is 13.5 Å². The Morgan fingerprint density at radius 2 is 1.60 bits per heavy atom. The fourth-order valence-electron chi connectivity index (χ4n) is 2.44. The first-order valence-corrected chi connectivity index (χ1v) is 9.97. The number of hydrogen-bond donors (Lipinski definition) is 2. The molecule has 0 heterocycles. The Kier molecular flexibility index (Phi) is 7.34. The standard InChI is InChI=1S/C23H20BrN3O3/c1-16-2-4-18(5-3-16)15-30-21-12-6-17(7-13-21)14-25-27-23(29)22(28)26-20-10-8-19(24)9-11-20/h2-14H,15H2,1H3,(H,26,28)(H,27,29)/b25-14-. The number of nitrogens with one attached hydrogen (secondary N) is 2. The molecule has 2 N–H and O–H groups in total. The highest BCUT2D eigenvalue weighted by molar-refractivity contribution is 9.10. The number of nitrogens with zero attached hydrogens (tertiary/aromatic N) is 1. The second kappa shape index (κ2) is 10.4. The summed E-state index contributed by atoms with van der Waals surface area (Å²) in [5.41, 5.74) is 5.78. The number of halogens is 1. The van der Waals surface area contributed by atoms with E-state index >= 15 is 0 Å². The number of hydrazone groups is 1. The molecule has 0 saturated carbocycles. The monoisotopic (exact) mass is 465 g/mol. The van der Waals surface area contributed by atoms with Crippen molar-refractivity contribution in [3.05, 3.63) is 94.0 Å². The molecule has 30 heavy (non-hydrogen) atoms. The number of amides is 2. The molecular weight excluding hydrogens is 446 g/mol. The minimum atomic E-state index is -0.854. The molecule has 0 aromatic heterocycles. The zero-order valence-corrected chi connectivity index (χ0v) is 17.8. The van der Waals surface area contributed by atoms with Crippen molar-refractivity contribution in [2.24, 2.45) is 5.10 Å². The molecule has 0 spiro atoms. The van der Waals surface area contributed by atoms with E-state index in [0.717, 1.165) is 21.3 Å². The van der Waals surface area contributed by atoms with Crippen LogP contribution in [-0.2, 0) is 16.2 Å². The SMILES string of the molecule is Cc1ccc(COc2ccc(/C=N\NC(=O)C(=O)Nc3ccc(Br)cc3)cc2)cc1. The first-order valence-electron chi connectivity index (χ1n) is 9.18. The molecule has 0 fully saturated rings. The number of rotatable bonds is 6. The van der Waals surface area contributed by atoms with Crippen molar-refractivity contribution in [2.75, 3.05) is 5.32 Å². The average Bonchev–Trinajstić information content (AvgIpc) is 2.76. The molecule has 3 aromatic rings. The minimum Gasteiger partial charge on any atom is -0.489 e. The van der Waals surface area contributed by atoms with Crippen LogP contribution in [0.4, 0.5) is 5.69 Å². The molecule has 3 rings (SSSR count). The molecular formula is C23H20BrN3O3. The van der Waals surface area contributed by atoms with E-state index in [4.69, 9.17) is 4.74 Å². The Bertz CT molecular complexity index is 1030. The lowest BCUT2D eigenvalue weighted by atomic mass is 10.2. The van der Waals surface area contributed by atoms with Crippen LogP contribution in [0.1, 0.15) is 16.7 Å². The van der Waals surface area contributed by atoms with Crippen LogP contribution in [0.2, 0.25) is 0 Å². The molecule has 0 unspecified atom stereocenters. The van der Waals surface area contributed by atoms with Gasteiger partial charge < -0.3 is 10.1 Å². The number of anilines is 1. The largest absolute Gasteiger partial charge is 0.489 e. The van der Waals surface area contributed by atoms with Crippen molar-refractivity contribution < 1.29 is 14.3 Å². The van der Waals surface area contributed by atoms with E-state index in [0.29, 0.717) is 12.3 Å². The van der Waals surface area contributed by atoms with Crippen LogP contribution in [0.25, 0.3) is 0 Å². The van der Waals surface area contributed by atoms with Gasteiger partial charge in [0, 0.05) is 10.2 Å². The van der Waals surface area contributed by atoms with E-state index in [1.54, 1.807) is 24.3 Å². The van der Waals surface area contributed by atoms with Gasteiger partial charge in [0.15, 0.2) is 0 Å². The van der Waals surface area contributed by atoms with E-state index in [-0.39, 0.29) is 0 Å². The zero-order valence-electron chi connectivity index (χ0n) is 16.3. The molecule has 0 radical (unpaired) electrons. The molecule has 0 saturated heterocycles. The first kappa shape index (κ1) is 21.3. The van der Waals surface area contributed by atoms with E-state index < -0.39 is 11.8 Å². The van der Waals surface area contributed by atoms with Crippen LogP contribution in [0, 0.1) is 6.92 Å². The van der Waals surface area contributed by atoms with Crippen molar-refractivity contribution in [1.29, 1.82) is 0 Å². The van der Waals surface area contributed by atoms with Crippen LogP contribution in [-0.4, -0.2) is 18.0 Å². The van der Waals surface area contributed by atoms with Gasteiger partial charge in [-0.2, -0.15) is 5.10 Å². The van der Waals surface area contributed by atoms with Crippen molar-refractivity contribution in [3.63, 3.8) is 0 Å². The molecule has 0 bridgehead atoms. The second-order valence-electron chi connectivity index (χ2n) is 6.50. The molecule has 0 aliphatic carbocycles. The molecule has 7 heteroatoms. The Labute approximate surface area is 183 Å². The second-order valence-corrected chi connectivity index (χ2v) is 7.42. The summed E-state index contributed by atoms with van der Waals surface area (Å²) in [4.78, 5) is 23.7. The summed E-state index contributed by atoms with van der Waals surface area (Å²) in [6.45, 7) is 2.53. The summed E-state index contributed by atoms with van der Waals surface area (Å²) in [7, 11) is 0. The van der Waals surface area contributed by atoms with Crippen molar-refractivity contribution in [1.82, 2.24) is 5.43 Å². The maximum Gasteiger partial charge on any atom is 0.329 e. The highest BCUT2D eigenvalue weighted by Crippen LogP contribution is 2.15. The number of ether oxygens (including phenoxy) is 1. The van der Waals surface area contributed by atoms with Crippen molar-refractivity contribution in [3.8, 4) is 5.75 Å². The van der Waals surface area contributed by atoms with Crippen LogP contribution in [0.15, 0.2) is 82.4 Å². The maximum atomic E-state index is 11.9. The summed E-state index contributed by atoms with van der Waals surface area (Å²) in [6, 6.07) is 22.3. The maximum absolute atomic E-state index is 11.9. The molecule has 0 aliphatic rings. The van der Waals surface area contributed by atoms with Gasteiger partial charge >= 0.3 is 11.8 Å². The molecule has 6 nitrogen and oxygen atoms in total. The van der Waals surface area contributed by atoms with Gasteiger partial charge in [0.05, 0.1) is 6.21 Å². The normalized spacial score (nSPS) is 10.6. The minimum absolute atomic E-state index is 0.483. The predicted octanol–water partition coefficient (Wildman–Crippen LogP) is 4.43. The smallest absolute Gasteiger partial charge is 0.329 e. The lowest BCUT2D eigenvalue weighted by molar-refractivity contribution is -0.136. The topological polar surface area (TPSA) is 79.8 Å². The predicted molar refractivity (Wildman–Crippen MR) is 120 cm³/mol. The van der Waals surface area contributed by atoms with E-state index in [9.17, 15) is 9.59 Å². The fraction of sp³-hybridized carbons (Fsp3) is 0.0870. The van der Waals surface area contributed by atoms with Gasteiger partial charge in [0.25, 0.3) is 0 Å². The summed E-state index contributed by atoms with van der Waals surface area (Å²) in [6.07, 6.45) is 1.45. The Hall–Kier alpha value is -3.45. The third-order valence-electron chi connectivity index (χ3n) is 4.09. The molecule has 0 aliphatic heterocycles. The van der Waals surface area contributed by atoms with Crippen LogP contribution in [0.3, 0.4) is 0 Å². The number of carbonyl (C=O) groups excluding carboxylic acids is 2. The molecule has 152 valence electrons. The van der Waals surface area contributed by atoms with E-state index in [1.807, 2.05) is 55.5 Å². The molecule has 2 amide bonds. The number of carbonyl (C=O) groups is 2. The van der Waals surface area contributed by atoms with E-state index in [2.05, 4.69) is 31.8 Å². The van der Waals surface area contributed by atoms with Crippen LogP contribution < -0.4 is 15.5 Å². The Balaban J connectivity index is 1.46. The Morgan fingerprint density at radius 1 is 0.933 bits per heavy atom. The van der Waals surface area contributed by atoms with Gasteiger partial charge in [0.2, 0.25) is 0 Å². The Morgan fingerprint density at radius 3 is 2.27 bits per heavy atom. The number of hydrogen-bond acceptors (Lipinski definition) is 4. The zero-order chi connectivity index (χ0) is 21.3. The van der Waals surface area contributed by atoms with Gasteiger partial charge in [-0.05, 0) is 66.6 Å². The lowest BCUT2D eigenvalue weighted by Gasteiger charge is -2.07. The molecule has 0 atom stereocenters. The summed E-state index contributed by atoms with van der Waals surface area (Å²) >= 11 is 3.30. The van der Waals surface area contributed by atoms with Gasteiger partial charge in [0.1, 0.15) is 12.4 Å². The first-order chi connectivity index (χ1) is 14.5. The van der Waals surface area contributed by atoms with Crippen LogP contribution >= 0.6 is 15.9 Å². The van der Waals surface area contributed by atoms with Crippen LogP contribution in [0.5, 0.6) is 5.75 Å². The number of benzene rings is 3. The highest BCUT2D eigenvalue weighted by Gasteiger charge is 2.12. The summed E-state index contributed by atoms with van der Waals surface area (Å²) in [5.74, 6) is -0.924. The third kappa shape index (κ3) is 6.56. The number of aryl methyl sites for hydroxylation is 1. The average molecular weight is 466 g/mol. The van der Waals surface area contributed by atoms with Gasteiger partial charge in [-0.25, -0.2) is 5.43 Å². The fourth-order valence-corrected chi connectivity index (χ4v) is 2.70. The summed E-state index contributed by atoms with van der Waals surface area (Å²) < 4.78 is 6.63. The highest BCUT2D eigenvalue weighted by atomic mass is 79.9. The van der Waals surface area contributed by atoms with Gasteiger partial charge in [-0.15, -0.1) is 0 Å². The lowest BCUT2D eigenvalue weighted by Crippen LogP contribution is -2.32.